The fourth-order valence-electron chi connectivity index (χ4n) is 2.97. The minimum atomic E-state index is -0.256. The Hall–Kier alpha value is -3.34. The van der Waals surface area contributed by atoms with Gasteiger partial charge in [-0.2, -0.15) is 0 Å². The minimum Gasteiger partial charge on any atom is -0.507 e. The molecule has 0 aliphatic heterocycles. The van der Waals surface area contributed by atoms with Crippen LogP contribution in [0.2, 0.25) is 0 Å². The van der Waals surface area contributed by atoms with Gasteiger partial charge < -0.3 is 10.4 Å². The summed E-state index contributed by atoms with van der Waals surface area (Å²) in [5.74, 6) is 0.706. The molecule has 4 aromatic rings. The molecule has 2 aromatic carbocycles. The number of pyridine rings is 1. The van der Waals surface area contributed by atoms with Gasteiger partial charge in [-0.1, -0.05) is 24.3 Å². The molecule has 0 radical (unpaired) electrons. The first kappa shape index (κ1) is 16.1. The third-order valence-electron chi connectivity index (χ3n) is 4.31. The molecule has 4 nitrogen and oxygen atoms in total. The van der Waals surface area contributed by atoms with Crippen molar-refractivity contribution >= 4 is 11.5 Å². The largest absolute Gasteiger partial charge is 0.507 e. The Morgan fingerprint density at radius 3 is 2.62 bits per heavy atom. The average molecular weight is 347 g/mol. The molecule has 26 heavy (non-hydrogen) atoms. The standard InChI is InChI=1S/C21H18FN3O/c1-14-10-11-25-19(12-14)24-20(17-4-2-3-5-18(17)26)21(25)23-13-15-6-8-16(22)9-7-15/h2-12,23,26H,13H2,1H3. The number of hydrogen-bond donors (Lipinski definition) is 2. The Morgan fingerprint density at radius 2 is 1.85 bits per heavy atom. The van der Waals surface area contributed by atoms with Gasteiger partial charge in [0.2, 0.25) is 0 Å². The first-order valence-corrected chi connectivity index (χ1v) is 8.37. The lowest BCUT2D eigenvalue weighted by Crippen LogP contribution is -2.03. The molecule has 0 atom stereocenters. The van der Waals surface area contributed by atoms with E-state index in [0.29, 0.717) is 17.8 Å². The summed E-state index contributed by atoms with van der Waals surface area (Å²) >= 11 is 0. The summed E-state index contributed by atoms with van der Waals surface area (Å²) in [6.07, 6.45) is 1.95. The number of aryl methyl sites for hydroxylation is 1. The van der Waals surface area contributed by atoms with Crippen LogP contribution in [0.3, 0.4) is 0 Å². The van der Waals surface area contributed by atoms with E-state index in [1.165, 1.54) is 12.1 Å². The predicted molar refractivity (Wildman–Crippen MR) is 101 cm³/mol. The number of hydrogen-bond acceptors (Lipinski definition) is 3. The normalized spacial score (nSPS) is 11.0. The number of fused-ring (bicyclic) bond motifs is 1. The third-order valence-corrected chi connectivity index (χ3v) is 4.31. The Labute approximate surface area is 150 Å². The van der Waals surface area contributed by atoms with Crippen LogP contribution in [-0.2, 0) is 6.54 Å². The second-order valence-corrected chi connectivity index (χ2v) is 6.24. The van der Waals surface area contributed by atoms with Crippen LogP contribution in [0.15, 0.2) is 66.9 Å². The molecular weight excluding hydrogens is 329 g/mol. The van der Waals surface area contributed by atoms with Crippen LogP contribution < -0.4 is 5.32 Å². The van der Waals surface area contributed by atoms with E-state index in [-0.39, 0.29) is 11.6 Å². The number of nitrogens with one attached hydrogen (secondary N) is 1. The second-order valence-electron chi connectivity index (χ2n) is 6.24. The van der Waals surface area contributed by atoms with Crippen molar-refractivity contribution in [2.45, 2.75) is 13.5 Å². The fraction of sp³-hybridized carbons (Fsp3) is 0.0952. The molecule has 0 aliphatic rings. The van der Waals surface area contributed by atoms with Crippen molar-refractivity contribution in [3.8, 4) is 17.0 Å². The summed E-state index contributed by atoms with van der Waals surface area (Å²) in [5, 5.41) is 13.6. The van der Waals surface area contributed by atoms with Crippen molar-refractivity contribution in [3.63, 3.8) is 0 Å². The van der Waals surface area contributed by atoms with Crippen LogP contribution in [0.4, 0.5) is 10.2 Å². The maximum absolute atomic E-state index is 13.1. The molecule has 0 bridgehead atoms. The van der Waals surface area contributed by atoms with E-state index in [9.17, 15) is 9.50 Å². The number of aromatic hydroxyl groups is 1. The zero-order valence-corrected chi connectivity index (χ0v) is 14.3. The van der Waals surface area contributed by atoms with E-state index in [2.05, 4.69) is 5.32 Å². The Balaban J connectivity index is 1.79. The number of anilines is 1. The van der Waals surface area contributed by atoms with Gasteiger partial charge in [0.25, 0.3) is 0 Å². The lowest BCUT2D eigenvalue weighted by Gasteiger charge is -2.10. The van der Waals surface area contributed by atoms with Crippen LogP contribution in [0.5, 0.6) is 5.75 Å². The van der Waals surface area contributed by atoms with E-state index in [1.54, 1.807) is 24.3 Å². The number of phenols is 1. The Morgan fingerprint density at radius 1 is 1.08 bits per heavy atom. The van der Waals surface area contributed by atoms with Crippen LogP contribution in [0.1, 0.15) is 11.1 Å². The SMILES string of the molecule is Cc1ccn2c(NCc3ccc(F)cc3)c(-c3ccccc3O)nc2c1. The molecule has 0 unspecified atom stereocenters. The molecule has 2 aromatic heterocycles. The van der Waals surface area contributed by atoms with Crippen molar-refractivity contribution in [2.24, 2.45) is 0 Å². The molecule has 2 N–H and O–H groups in total. The molecule has 0 spiro atoms. The van der Waals surface area contributed by atoms with Gasteiger partial charge in [-0.05, 0) is 54.4 Å². The van der Waals surface area contributed by atoms with Gasteiger partial charge >= 0.3 is 0 Å². The molecule has 2 heterocycles. The zero-order chi connectivity index (χ0) is 18.1. The van der Waals surface area contributed by atoms with Gasteiger partial charge in [-0.15, -0.1) is 0 Å². The summed E-state index contributed by atoms with van der Waals surface area (Å²) in [4.78, 5) is 4.71. The van der Waals surface area contributed by atoms with Crippen LogP contribution in [0, 0.1) is 12.7 Å². The summed E-state index contributed by atoms with van der Waals surface area (Å²) in [6, 6.07) is 17.5. The number of imidazole rings is 1. The van der Waals surface area contributed by atoms with Crippen molar-refractivity contribution in [1.29, 1.82) is 0 Å². The Bertz CT molecular complexity index is 1070. The second kappa shape index (κ2) is 6.52. The quantitative estimate of drug-likeness (QED) is 0.559. The van der Waals surface area contributed by atoms with Gasteiger partial charge in [0, 0.05) is 18.3 Å². The van der Waals surface area contributed by atoms with E-state index in [4.69, 9.17) is 4.98 Å². The smallest absolute Gasteiger partial charge is 0.139 e. The number of phenolic OH excluding ortho intramolecular Hbond substituents is 1. The van der Waals surface area contributed by atoms with E-state index < -0.39 is 0 Å². The highest BCUT2D eigenvalue weighted by atomic mass is 19.1. The first-order chi connectivity index (χ1) is 12.6. The van der Waals surface area contributed by atoms with E-state index >= 15 is 0 Å². The summed E-state index contributed by atoms with van der Waals surface area (Å²) < 4.78 is 15.1. The lowest BCUT2D eigenvalue weighted by atomic mass is 10.1. The number of rotatable bonds is 4. The number of para-hydroxylation sites is 1. The molecule has 0 fully saturated rings. The summed E-state index contributed by atoms with van der Waals surface area (Å²) in [5.41, 5.74) is 4.20. The highest BCUT2D eigenvalue weighted by Crippen LogP contribution is 2.34. The van der Waals surface area contributed by atoms with Crippen LogP contribution >= 0.6 is 0 Å². The summed E-state index contributed by atoms with van der Waals surface area (Å²) in [7, 11) is 0. The molecule has 5 heteroatoms. The molecule has 0 amide bonds. The van der Waals surface area contributed by atoms with Crippen molar-refractivity contribution < 1.29 is 9.50 Å². The fourth-order valence-corrected chi connectivity index (χ4v) is 2.97. The monoisotopic (exact) mass is 347 g/mol. The van der Waals surface area contributed by atoms with Crippen molar-refractivity contribution in [3.05, 3.63) is 83.8 Å². The number of aromatic nitrogens is 2. The highest BCUT2D eigenvalue weighted by Gasteiger charge is 2.16. The zero-order valence-electron chi connectivity index (χ0n) is 14.3. The molecule has 0 saturated carbocycles. The highest BCUT2D eigenvalue weighted by molar-refractivity contribution is 5.80. The number of nitrogens with zero attached hydrogens (tertiary/aromatic N) is 2. The van der Waals surface area contributed by atoms with Gasteiger partial charge in [0.15, 0.2) is 0 Å². The maximum atomic E-state index is 13.1. The number of halogens is 1. The summed E-state index contributed by atoms with van der Waals surface area (Å²) in [6.45, 7) is 2.53. The first-order valence-electron chi connectivity index (χ1n) is 8.37. The van der Waals surface area contributed by atoms with Gasteiger partial charge in [-0.3, -0.25) is 4.40 Å². The number of benzene rings is 2. The lowest BCUT2D eigenvalue weighted by molar-refractivity contribution is 0.477. The third kappa shape index (κ3) is 2.99. The maximum Gasteiger partial charge on any atom is 0.139 e. The molecule has 130 valence electrons. The Kier molecular flexibility index (Phi) is 4.05. The van der Waals surface area contributed by atoms with Gasteiger partial charge in [0.1, 0.15) is 28.7 Å². The molecule has 4 rings (SSSR count). The minimum absolute atomic E-state index is 0.178. The topological polar surface area (TPSA) is 49.6 Å². The predicted octanol–water partition coefficient (Wildman–Crippen LogP) is 4.77. The van der Waals surface area contributed by atoms with Gasteiger partial charge in [0.05, 0.1) is 0 Å². The van der Waals surface area contributed by atoms with E-state index in [0.717, 1.165) is 22.6 Å². The van der Waals surface area contributed by atoms with E-state index in [1.807, 2.05) is 41.8 Å². The van der Waals surface area contributed by atoms with Gasteiger partial charge in [-0.25, -0.2) is 9.37 Å². The van der Waals surface area contributed by atoms with Crippen LogP contribution in [-0.4, -0.2) is 14.5 Å². The molecule has 0 saturated heterocycles. The van der Waals surface area contributed by atoms with Crippen LogP contribution in [0.25, 0.3) is 16.9 Å². The molecule has 0 aliphatic carbocycles. The molecular formula is C21H18FN3O. The average Bonchev–Trinajstić information content (AvgIpc) is 2.99. The van der Waals surface area contributed by atoms with Crippen molar-refractivity contribution in [1.82, 2.24) is 9.38 Å². The van der Waals surface area contributed by atoms with Crippen molar-refractivity contribution in [2.75, 3.05) is 5.32 Å².